The van der Waals surface area contributed by atoms with E-state index in [9.17, 15) is 8.42 Å². The Balaban J connectivity index is 1.98. The monoisotopic (exact) mass is 312 g/mol. The molecule has 1 aliphatic heterocycles. The maximum absolute atomic E-state index is 11.5. The van der Waals surface area contributed by atoms with Crippen molar-refractivity contribution in [2.75, 3.05) is 48.0 Å². The van der Waals surface area contributed by atoms with Gasteiger partial charge < -0.3 is 15.0 Å². The highest BCUT2D eigenvalue weighted by molar-refractivity contribution is 7.91. The second-order valence-corrected chi connectivity index (χ2v) is 7.70. The lowest BCUT2D eigenvalue weighted by Crippen LogP contribution is -2.40. The van der Waals surface area contributed by atoms with Gasteiger partial charge >= 0.3 is 0 Å². The van der Waals surface area contributed by atoms with Crippen molar-refractivity contribution in [3.63, 3.8) is 0 Å². The molecule has 0 radical (unpaired) electrons. The molecule has 0 spiro atoms. The molecule has 1 saturated heterocycles. The smallest absolute Gasteiger partial charge is 0.153 e. The number of ether oxygens (including phenoxy) is 1. The Morgan fingerprint density at radius 2 is 2.05 bits per heavy atom. The Bertz CT molecular complexity index is 546. The van der Waals surface area contributed by atoms with E-state index in [0.717, 1.165) is 11.4 Å². The second-order valence-electron chi connectivity index (χ2n) is 5.39. The van der Waals surface area contributed by atoms with Crippen molar-refractivity contribution in [2.24, 2.45) is 0 Å². The predicted octanol–water partition coefficient (Wildman–Crippen LogP) is 1.76. The number of hydrogen-bond donors (Lipinski definition) is 1. The van der Waals surface area contributed by atoms with Crippen LogP contribution in [0.4, 0.5) is 11.4 Å². The fourth-order valence-corrected chi connectivity index (χ4v) is 3.59. The summed E-state index contributed by atoms with van der Waals surface area (Å²) in [5.74, 6) is 0.483. The highest BCUT2D eigenvalue weighted by Gasteiger charge is 2.21. The number of nitrogens with one attached hydrogen (secondary N) is 1. The lowest BCUT2D eigenvalue weighted by Gasteiger charge is -2.29. The minimum absolute atomic E-state index is 0.238. The van der Waals surface area contributed by atoms with Crippen molar-refractivity contribution < 1.29 is 13.2 Å². The van der Waals surface area contributed by atoms with Gasteiger partial charge in [0.25, 0.3) is 0 Å². The Kier molecular flexibility index (Phi) is 5.47. The Hall–Kier alpha value is -1.27. The van der Waals surface area contributed by atoms with E-state index in [4.69, 9.17) is 4.74 Å². The molecule has 1 aromatic carbocycles. The van der Waals surface area contributed by atoms with Crippen LogP contribution in [0.3, 0.4) is 0 Å². The van der Waals surface area contributed by atoms with E-state index < -0.39 is 9.84 Å². The van der Waals surface area contributed by atoms with Crippen LogP contribution >= 0.6 is 0 Å². The van der Waals surface area contributed by atoms with Gasteiger partial charge in [-0.15, -0.1) is 0 Å². The molecule has 1 unspecified atom stereocenters. The third-order valence-corrected chi connectivity index (χ3v) is 5.15. The quantitative estimate of drug-likeness (QED) is 0.867. The standard InChI is InChI=1S/C15H24N2O3S/c1-3-20-12-13(2)16-14-5-4-6-15(11-14)17-7-9-21(18,19)10-8-17/h4-6,11,13,16H,3,7-10,12H2,1-2H3. The third-order valence-electron chi connectivity index (χ3n) is 3.54. The molecule has 0 saturated carbocycles. The van der Waals surface area contributed by atoms with E-state index in [1.165, 1.54) is 0 Å². The van der Waals surface area contributed by atoms with Crippen LogP contribution in [0.25, 0.3) is 0 Å². The summed E-state index contributed by atoms with van der Waals surface area (Å²) in [6, 6.07) is 8.35. The lowest BCUT2D eigenvalue weighted by atomic mass is 10.2. The summed E-state index contributed by atoms with van der Waals surface area (Å²) in [5, 5.41) is 3.40. The average molecular weight is 312 g/mol. The maximum Gasteiger partial charge on any atom is 0.153 e. The van der Waals surface area contributed by atoms with Gasteiger partial charge in [0, 0.05) is 37.1 Å². The third kappa shape index (κ3) is 4.89. The summed E-state index contributed by atoms with van der Waals surface area (Å²) in [4.78, 5) is 2.12. The molecule has 0 bridgehead atoms. The van der Waals surface area contributed by atoms with Crippen LogP contribution in [0.5, 0.6) is 0 Å². The van der Waals surface area contributed by atoms with Gasteiger partial charge in [-0.05, 0) is 32.0 Å². The molecule has 1 heterocycles. The average Bonchev–Trinajstić information content (AvgIpc) is 2.45. The molecule has 118 valence electrons. The number of sulfone groups is 1. The van der Waals surface area contributed by atoms with Crippen molar-refractivity contribution in [3.05, 3.63) is 24.3 Å². The maximum atomic E-state index is 11.5. The van der Waals surface area contributed by atoms with Gasteiger partial charge in [0.1, 0.15) is 0 Å². The molecule has 1 atom stereocenters. The van der Waals surface area contributed by atoms with E-state index in [2.05, 4.69) is 23.2 Å². The molecule has 1 aliphatic rings. The Morgan fingerprint density at radius 3 is 2.71 bits per heavy atom. The normalized spacial score (nSPS) is 19.2. The van der Waals surface area contributed by atoms with Gasteiger partial charge in [-0.3, -0.25) is 0 Å². The van der Waals surface area contributed by atoms with Crippen LogP contribution in [-0.2, 0) is 14.6 Å². The minimum Gasteiger partial charge on any atom is -0.380 e. The molecule has 1 fully saturated rings. The van der Waals surface area contributed by atoms with Crippen LogP contribution in [0, 0.1) is 0 Å². The van der Waals surface area contributed by atoms with Gasteiger partial charge in [0.2, 0.25) is 0 Å². The number of hydrogen-bond acceptors (Lipinski definition) is 5. The summed E-state index contributed by atoms with van der Waals surface area (Å²) in [6.07, 6.45) is 0. The van der Waals surface area contributed by atoms with Crippen molar-refractivity contribution in [1.82, 2.24) is 0 Å². The predicted molar refractivity (Wildman–Crippen MR) is 86.9 cm³/mol. The van der Waals surface area contributed by atoms with Gasteiger partial charge in [0.05, 0.1) is 18.1 Å². The van der Waals surface area contributed by atoms with Crippen molar-refractivity contribution in [3.8, 4) is 0 Å². The van der Waals surface area contributed by atoms with Crippen molar-refractivity contribution >= 4 is 21.2 Å². The van der Waals surface area contributed by atoms with E-state index in [1.54, 1.807) is 0 Å². The summed E-state index contributed by atoms with van der Waals surface area (Å²) in [6.45, 7) is 6.59. The van der Waals surface area contributed by atoms with Crippen LogP contribution in [0.2, 0.25) is 0 Å². The summed E-state index contributed by atoms with van der Waals surface area (Å²) in [7, 11) is -2.84. The van der Waals surface area contributed by atoms with Gasteiger partial charge in [0.15, 0.2) is 9.84 Å². The molecule has 1 N–H and O–H groups in total. The molecule has 0 amide bonds. The van der Waals surface area contributed by atoms with E-state index in [-0.39, 0.29) is 17.5 Å². The molecule has 0 aliphatic carbocycles. The first-order chi connectivity index (χ1) is 10.00. The van der Waals surface area contributed by atoms with Crippen LogP contribution in [-0.4, -0.2) is 52.3 Å². The molecule has 21 heavy (non-hydrogen) atoms. The molecule has 2 rings (SSSR count). The molecule has 0 aromatic heterocycles. The first kappa shape index (κ1) is 16.1. The Labute approximate surface area is 127 Å². The lowest BCUT2D eigenvalue weighted by molar-refractivity contribution is 0.141. The first-order valence-corrected chi connectivity index (χ1v) is 9.22. The molecule has 5 nitrogen and oxygen atoms in total. The summed E-state index contributed by atoms with van der Waals surface area (Å²) < 4.78 is 28.4. The van der Waals surface area contributed by atoms with Gasteiger partial charge in [-0.2, -0.15) is 0 Å². The Morgan fingerprint density at radius 1 is 1.33 bits per heavy atom. The molecule has 6 heteroatoms. The summed E-state index contributed by atoms with van der Waals surface area (Å²) in [5.41, 5.74) is 2.10. The molecule has 1 aromatic rings. The number of anilines is 2. The number of benzene rings is 1. The van der Waals surface area contributed by atoms with Crippen molar-refractivity contribution in [1.29, 1.82) is 0 Å². The fraction of sp³-hybridized carbons (Fsp3) is 0.600. The zero-order valence-corrected chi connectivity index (χ0v) is 13.5. The largest absolute Gasteiger partial charge is 0.380 e. The van der Waals surface area contributed by atoms with E-state index in [0.29, 0.717) is 26.3 Å². The van der Waals surface area contributed by atoms with Gasteiger partial charge in [-0.25, -0.2) is 8.42 Å². The zero-order chi connectivity index (χ0) is 15.3. The highest BCUT2D eigenvalue weighted by atomic mass is 32.2. The minimum atomic E-state index is -2.84. The van der Waals surface area contributed by atoms with Crippen LogP contribution < -0.4 is 10.2 Å². The fourth-order valence-electron chi connectivity index (χ4n) is 2.38. The number of rotatable bonds is 6. The van der Waals surface area contributed by atoms with Crippen molar-refractivity contribution in [2.45, 2.75) is 19.9 Å². The second kappa shape index (κ2) is 7.13. The number of nitrogens with zero attached hydrogens (tertiary/aromatic N) is 1. The van der Waals surface area contributed by atoms with Crippen LogP contribution in [0.1, 0.15) is 13.8 Å². The molecular formula is C15H24N2O3S. The topological polar surface area (TPSA) is 58.6 Å². The SMILES string of the molecule is CCOCC(C)Nc1cccc(N2CCS(=O)(=O)CC2)c1. The first-order valence-electron chi connectivity index (χ1n) is 7.40. The zero-order valence-electron chi connectivity index (χ0n) is 12.7. The summed E-state index contributed by atoms with van der Waals surface area (Å²) >= 11 is 0. The highest BCUT2D eigenvalue weighted by Crippen LogP contribution is 2.21. The van der Waals surface area contributed by atoms with E-state index in [1.807, 2.05) is 25.1 Å². The van der Waals surface area contributed by atoms with Crippen LogP contribution in [0.15, 0.2) is 24.3 Å². The molecular weight excluding hydrogens is 288 g/mol. The van der Waals surface area contributed by atoms with E-state index >= 15 is 0 Å². The van der Waals surface area contributed by atoms with Gasteiger partial charge in [-0.1, -0.05) is 6.07 Å².